The Bertz CT molecular complexity index is 431. The maximum Gasteiger partial charge on any atom is 0.227 e. The predicted octanol–water partition coefficient (Wildman–Crippen LogP) is 1.11. The van der Waals surface area contributed by atoms with E-state index < -0.39 is 0 Å². The van der Waals surface area contributed by atoms with Crippen LogP contribution in [0.4, 0.5) is 0 Å². The van der Waals surface area contributed by atoms with Gasteiger partial charge in [0.25, 0.3) is 0 Å². The summed E-state index contributed by atoms with van der Waals surface area (Å²) in [5, 5.41) is 10.4. The lowest BCUT2D eigenvalue weighted by atomic mass is 9.92. The smallest absolute Gasteiger partial charge is 0.227 e. The van der Waals surface area contributed by atoms with E-state index in [4.69, 9.17) is 0 Å². The van der Waals surface area contributed by atoms with Crippen molar-refractivity contribution in [3.05, 3.63) is 18.0 Å². The summed E-state index contributed by atoms with van der Waals surface area (Å²) in [7, 11) is 0. The van der Waals surface area contributed by atoms with Crippen molar-refractivity contribution in [2.75, 3.05) is 19.6 Å². The Morgan fingerprint density at radius 3 is 3.05 bits per heavy atom. The van der Waals surface area contributed by atoms with Gasteiger partial charge in [-0.15, -0.1) is 0 Å². The molecule has 3 rings (SSSR count). The van der Waals surface area contributed by atoms with Crippen molar-refractivity contribution in [1.82, 2.24) is 20.4 Å². The zero-order valence-electron chi connectivity index (χ0n) is 11.4. The molecular formula is C14H22N4O. The van der Waals surface area contributed by atoms with E-state index in [1.165, 1.54) is 0 Å². The first-order valence-corrected chi connectivity index (χ1v) is 7.27. The largest absolute Gasteiger partial charge is 0.342 e. The number of aromatic nitrogens is 2. The molecule has 1 amide bonds. The second-order valence-corrected chi connectivity index (χ2v) is 5.77. The van der Waals surface area contributed by atoms with E-state index in [1.54, 1.807) is 6.20 Å². The fourth-order valence-corrected chi connectivity index (χ4v) is 3.36. The van der Waals surface area contributed by atoms with Gasteiger partial charge >= 0.3 is 0 Å². The third kappa shape index (κ3) is 2.52. The van der Waals surface area contributed by atoms with Crippen LogP contribution in [-0.2, 0) is 4.79 Å². The number of aromatic amines is 1. The lowest BCUT2D eigenvalue weighted by molar-refractivity contribution is -0.136. The van der Waals surface area contributed by atoms with E-state index in [9.17, 15) is 4.79 Å². The minimum absolute atomic E-state index is 0.167. The summed E-state index contributed by atoms with van der Waals surface area (Å²) in [6.07, 6.45) is 5.00. The van der Waals surface area contributed by atoms with Crippen molar-refractivity contribution in [2.45, 2.75) is 38.1 Å². The highest BCUT2D eigenvalue weighted by atomic mass is 16.2. The van der Waals surface area contributed by atoms with E-state index in [-0.39, 0.29) is 5.92 Å². The van der Waals surface area contributed by atoms with Gasteiger partial charge in [-0.25, -0.2) is 0 Å². The lowest BCUT2D eigenvalue weighted by Crippen LogP contribution is -2.44. The normalized spacial score (nSPS) is 31.6. The van der Waals surface area contributed by atoms with E-state index in [0.29, 0.717) is 17.9 Å². The first-order valence-electron chi connectivity index (χ1n) is 7.27. The van der Waals surface area contributed by atoms with Crippen LogP contribution in [-0.4, -0.2) is 46.7 Å². The molecule has 3 atom stereocenters. The number of hydrogen-bond donors (Lipinski definition) is 2. The number of nitrogens with zero attached hydrogens (tertiary/aromatic N) is 2. The van der Waals surface area contributed by atoms with Crippen LogP contribution in [0.1, 0.15) is 37.8 Å². The number of likely N-dealkylation sites (tertiary alicyclic amines) is 1. The fraction of sp³-hybridized carbons (Fsp3) is 0.714. The standard InChI is InChI=1S/C14H22N4O/c1-10-12(4-6-15-10)14(19)18-8-2-3-11(9-18)13-5-7-16-17-13/h5,7,10-12,15H,2-4,6,8-9H2,1H3,(H,16,17). The zero-order chi connectivity index (χ0) is 13.2. The number of carbonyl (C=O) groups is 1. The van der Waals surface area contributed by atoms with E-state index in [0.717, 1.165) is 44.6 Å². The molecule has 19 heavy (non-hydrogen) atoms. The molecule has 3 heterocycles. The number of rotatable bonds is 2. The molecule has 5 heteroatoms. The summed E-state index contributed by atoms with van der Waals surface area (Å²) in [4.78, 5) is 14.6. The molecule has 2 N–H and O–H groups in total. The van der Waals surface area contributed by atoms with E-state index in [2.05, 4.69) is 27.3 Å². The molecular weight excluding hydrogens is 240 g/mol. The van der Waals surface area contributed by atoms with Gasteiger partial charge in [-0.3, -0.25) is 9.89 Å². The SMILES string of the molecule is CC1NCCC1C(=O)N1CCCC(c2ccn[nH]2)C1. The Balaban J connectivity index is 1.66. The summed E-state index contributed by atoms with van der Waals surface area (Å²) in [5.41, 5.74) is 1.16. The predicted molar refractivity (Wildman–Crippen MR) is 72.7 cm³/mol. The Morgan fingerprint density at radius 2 is 2.37 bits per heavy atom. The number of H-pyrrole nitrogens is 1. The summed E-state index contributed by atoms with van der Waals surface area (Å²) < 4.78 is 0. The van der Waals surface area contributed by atoms with Crippen molar-refractivity contribution in [1.29, 1.82) is 0 Å². The third-order valence-corrected chi connectivity index (χ3v) is 4.54. The topological polar surface area (TPSA) is 61.0 Å². The summed E-state index contributed by atoms with van der Waals surface area (Å²) >= 11 is 0. The molecule has 104 valence electrons. The zero-order valence-corrected chi connectivity index (χ0v) is 11.4. The highest BCUT2D eigenvalue weighted by Crippen LogP contribution is 2.27. The minimum atomic E-state index is 0.167. The minimum Gasteiger partial charge on any atom is -0.342 e. The number of hydrogen-bond acceptors (Lipinski definition) is 3. The summed E-state index contributed by atoms with van der Waals surface area (Å²) in [6.45, 7) is 4.83. The fourth-order valence-electron chi connectivity index (χ4n) is 3.36. The van der Waals surface area contributed by atoms with Crippen molar-refractivity contribution >= 4 is 5.91 Å². The highest BCUT2D eigenvalue weighted by molar-refractivity contribution is 5.80. The van der Waals surface area contributed by atoms with Crippen LogP contribution in [0.3, 0.4) is 0 Å². The molecule has 2 fully saturated rings. The first kappa shape index (κ1) is 12.7. The Labute approximate surface area is 113 Å². The van der Waals surface area contributed by atoms with Crippen LogP contribution < -0.4 is 5.32 Å². The quantitative estimate of drug-likeness (QED) is 0.839. The molecule has 0 radical (unpaired) electrons. The average molecular weight is 262 g/mol. The van der Waals surface area contributed by atoms with Crippen LogP contribution in [0.2, 0.25) is 0 Å². The number of nitrogens with one attached hydrogen (secondary N) is 2. The molecule has 0 bridgehead atoms. The van der Waals surface area contributed by atoms with Gasteiger partial charge in [-0.05, 0) is 38.8 Å². The number of piperidine rings is 1. The van der Waals surface area contributed by atoms with Crippen LogP contribution in [0, 0.1) is 5.92 Å². The molecule has 1 aromatic rings. The van der Waals surface area contributed by atoms with E-state index >= 15 is 0 Å². The van der Waals surface area contributed by atoms with Gasteiger partial charge in [0.1, 0.15) is 0 Å². The molecule has 1 aromatic heterocycles. The van der Waals surface area contributed by atoms with Crippen LogP contribution >= 0.6 is 0 Å². The summed E-state index contributed by atoms with van der Waals surface area (Å²) in [5.74, 6) is 0.923. The maximum atomic E-state index is 12.6. The highest BCUT2D eigenvalue weighted by Gasteiger charge is 2.34. The van der Waals surface area contributed by atoms with Gasteiger partial charge in [0, 0.05) is 36.9 Å². The van der Waals surface area contributed by atoms with E-state index in [1.807, 2.05) is 6.07 Å². The molecule has 0 saturated carbocycles. The summed E-state index contributed by atoms with van der Waals surface area (Å²) in [6, 6.07) is 2.35. The monoisotopic (exact) mass is 262 g/mol. The van der Waals surface area contributed by atoms with Gasteiger partial charge in [-0.2, -0.15) is 5.10 Å². The molecule has 2 saturated heterocycles. The van der Waals surface area contributed by atoms with Crippen molar-refractivity contribution in [3.63, 3.8) is 0 Å². The Morgan fingerprint density at radius 1 is 1.47 bits per heavy atom. The van der Waals surface area contributed by atoms with Crippen LogP contribution in [0.25, 0.3) is 0 Å². The van der Waals surface area contributed by atoms with Gasteiger partial charge in [0.15, 0.2) is 0 Å². The first-order chi connectivity index (χ1) is 9.25. The number of carbonyl (C=O) groups excluding carboxylic acids is 1. The van der Waals surface area contributed by atoms with Crippen molar-refractivity contribution in [3.8, 4) is 0 Å². The van der Waals surface area contributed by atoms with Gasteiger partial charge < -0.3 is 10.2 Å². The van der Waals surface area contributed by atoms with Crippen LogP contribution in [0.15, 0.2) is 12.3 Å². The Hall–Kier alpha value is -1.36. The average Bonchev–Trinajstić information content (AvgIpc) is 3.09. The lowest BCUT2D eigenvalue weighted by Gasteiger charge is -2.34. The van der Waals surface area contributed by atoms with Crippen molar-refractivity contribution in [2.24, 2.45) is 5.92 Å². The third-order valence-electron chi connectivity index (χ3n) is 4.54. The molecule has 0 aliphatic carbocycles. The van der Waals surface area contributed by atoms with Gasteiger partial charge in [0.2, 0.25) is 5.91 Å². The molecule has 2 aliphatic heterocycles. The molecule has 0 aromatic carbocycles. The maximum absolute atomic E-state index is 12.6. The van der Waals surface area contributed by atoms with Crippen molar-refractivity contribution < 1.29 is 4.79 Å². The molecule has 2 aliphatic rings. The Kier molecular flexibility index (Phi) is 3.55. The second kappa shape index (κ2) is 5.33. The molecule has 5 nitrogen and oxygen atoms in total. The molecule has 0 spiro atoms. The van der Waals surface area contributed by atoms with Gasteiger partial charge in [0.05, 0.1) is 5.92 Å². The number of amides is 1. The van der Waals surface area contributed by atoms with Crippen LogP contribution in [0.5, 0.6) is 0 Å². The molecule has 3 unspecified atom stereocenters. The van der Waals surface area contributed by atoms with Gasteiger partial charge in [-0.1, -0.05) is 0 Å². The second-order valence-electron chi connectivity index (χ2n) is 5.77.